The third-order valence-electron chi connectivity index (χ3n) is 19.2. The molecule has 0 heterocycles. The number of rotatable bonds is 39. The van der Waals surface area contributed by atoms with Crippen LogP contribution in [0, 0.1) is 52.3 Å². The first-order valence-electron chi connectivity index (χ1n) is 30.7. The second-order valence-corrected chi connectivity index (χ2v) is 25.1. The summed E-state index contributed by atoms with van der Waals surface area (Å²) in [6.45, 7) is 17.3. The lowest BCUT2D eigenvalue weighted by Gasteiger charge is -2.58. The number of carboxylic acid groups (broad SMARTS) is 1. The van der Waals surface area contributed by atoms with E-state index in [4.69, 9.17) is 4.74 Å². The predicted octanol–water partition coefficient (Wildman–Crippen LogP) is 18.5. The molecular weight excluding hydrogens is 851 g/mol. The number of carbonyl (C=O) groups excluding carboxylic acids is 2. The average Bonchev–Trinajstić information content (AvgIpc) is 3.68. The molecule has 0 bridgehead atoms. The van der Waals surface area contributed by atoms with E-state index >= 15 is 0 Å². The number of hydrogen-bond acceptors (Lipinski definition) is 4. The molecule has 400 valence electrons. The van der Waals surface area contributed by atoms with Gasteiger partial charge in [0, 0.05) is 12.8 Å². The molecule has 0 aliphatic heterocycles. The van der Waals surface area contributed by atoms with Crippen molar-refractivity contribution >= 4 is 17.8 Å². The van der Waals surface area contributed by atoms with Gasteiger partial charge in [-0.3, -0.25) is 9.59 Å². The number of fused-ring (bicyclic) bond motifs is 5. The minimum absolute atomic E-state index is 0.0691. The van der Waals surface area contributed by atoms with Crippen LogP contribution < -0.4 is 5.32 Å². The Morgan fingerprint density at radius 3 is 1.81 bits per heavy atom. The summed E-state index contributed by atoms with van der Waals surface area (Å²) in [4.78, 5) is 38.3. The Morgan fingerprint density at radius 1 is 0.638 bits per heavy atom. The van der Waals surface area contributed by atoms with Crippen LogP contribution in [-0.4, -0.2) is 35.1 Å². The van der Waals surface area contributed by atoms with Crippen molar-refractivity contribution in [1.82, 2.24) is 5.32 Å². The topological polar surface area (TPSA) is 92.7 Å². The molecule has 0 aromatic rings. The van der Waals surface area contributed by atoms with Crippen LogP contribution in [0.25, 0.3) is 0 Å². The summed E-state index contributed by atoms with van der Waals surface area (Å²) < 4.78 is 6.21. The highest BCUT2D eigenvalue weighted by molar-refractivity contribution is 5.85. The molecule has 0 radical (unpaired) electrons. The maximum absolute atomic E-state index is 13.7. The maximum atomic E-state index is 13.7. The molecule has 4 aliphatic carbocycles. The van der Waals surface area contributed by atoms with E-state index in [0.29, 0.717) is 17.3 Å². The van der Waals surface area contributed by atoms with E-state index in [1.807, 2.05) is 5.57 Å². The monoisotopic (exact) mass is 964 g/mol. The van der Waals surface area contributed by atoms with E-state index in [0.717, 1.165) is 99.2 Å². The molecule has 69 heavy (non-hydrogen) atoms. The van der Waals surface area contributed by atoms with Crippen LogP contribution in [0.5, 0.6) is 0 Å². The van der Waals surface area contributed by atoms with Crippen LogP contribution in [-0.2, 0) is 19.1 Å². The van der Waals surface area contributed by atoms with Crippen molar-refractivity contribution in [3.63, 3.8) is 0 Å². The summed E-state index contributed by atoms with van der Waals surface area (Å²) in [5, 5.41) is 12.4. The van der Waals surface area contributed by atoms with Gasteiger partial charge >= 0.3 is 11.9 Å². The number of amides is 1. The van der Waals surface area contributed by atoms with Gasteiger partial charge in [-0.1, -0.05) is 214 Å². The van der Waals surface area contributed by atoms with E-state index in [-0.39, 0.29) is 24.9 Å². The second-order valence-electron chi connectivity index (χ2n) is 25.1. The van der Waals surface area contributed by atoms with Gasteiger partial charge < -0.3 is 15.2 Å². The minimum Gasteiger partial charge on any atom is -0.481 e. The summed E-state index contributed by atoms with van der Waals surface area (Å²) >= 11 is 0. The average molecular weight is 965 g/mol. The minimum atomic E-state index is -0.958. The van der Waals surface area contributed by atoms with Crippen LogP contribution in [0.1, 0.15) is 305 Å². The number of esters is 1. The Labute approximate surface area is 427 Å². The van der Waals surface area contributed by atoms with Gasteiger partial charge in [0.25, 0.3) is 0 Å². The fourth-order valence-electron chi connectivity index (χ4n) is 14.9. The van der Waals surface area contributed by atoms with Gasteiger partial charge in [0.15, 0.2) is 0 Å². The summed E-state index contributed by atoms with van der Waals surface area (Å²) in [5.41, 5.74) is 2.84. The SMILES string of the molecule is CCCCCCCCCCCC(=O)N[C@H](CCC(=O)O)C(=O)OC(CCCCCCCCCCC)CCCCCCCC1CC[C@@]2(C)C(=CCC3C4CCC([C@H](C)CCCC(C)C)[C@@]4(C)CCC32)C1. The van der Waals surface area contributed by atoms with Crippen LogP contribution in [0.4, 0.5) is 0 Å². The van der Waals surface area contributed by atoms with Crippen molar-refractivity contribution < 1.29 is 24.2 Å². The van der Waals surface area contributed by atoms with Gasteiger partial charge in [-0.25, -0.2) is 4.79 Å². The number of carbonyl (C=O) groups is 3. The van der Waals surface area contributed by atoms with Crippen molar-refractivity contribution in [1.29, 1.82) is 0 Å². The van der Waals surface area contributed by atoms with Gasteiger partial charge in [0.05, 0.1) is 0 Å². The van der Waals surface area contributed by atoms with Crippen molar-refractivity contribution in [3.8, 4) is 0 Å². The molecule has 6 heteroatoms. The Morgan fingerprint density at radius 2 is 1.22 bits per heavy atom. The zero-order valence-electron chi connectivity index (χ0n) is 46.6. The van der Waals surface area contributed by atoms with Crippen LogP contribution in [0.15, 0.2) is 11.6 Å². The van der Waals surface area contributed by atoms with Crippen LogP contribution in [0.2, 0.25) is 0 Å². The largest absolute Gasteiger partial charge is 0.481 e. The number of allylic oxidation sites excluding steroid dienone is 2. The summed E-state index contributed by atoms with van der Waals surface area (Å²) in [5.74, 6) is 4.66. The lowest BCUT2D eigenvalue weighted by atomic mass is 9.46. The molecule has 6 unspecified atom stereocenters. The molecule has 0 saturated heterocycles. The molecule has 10 atom stereocenters. The Balaban J connectivity index is 1.20. The smallest absolute Gasteiger partial charge is 0.328 e. The highest BCUT2D eigenvalue weighted by Crippen LogP contribution is 2.67. The molecule has 0 aromatic carbocycles. The van der Waals surface area contributed by atoms with Gasteiger partial charge in [-0.2, -0.15) is 0 Å². The lowest BCUT2D eigenvalue weighted by molar-refractivity contribution is -0.154. The number of ether oxygens (including phenoxy) is 1. The van der Waals surface area contributed by atoms with Crippen molar-refractivity contribution in [2.45, 2.75) is 317 Å². The summed E-state index contributed by atoms with van der Waals surface area (Å²) in [6, 6.07) is -0.905. The lowest BCUT2D eigenvalue weighted by Crippen LogP contribution is -2.50. The summed E-state index contributed by atoms with van der Waals surface area (Å²) in [7, 11) is 0. The molecular formula is C63H113NO5. The number of hydrogen-bond donors (Lipinski definition) is 2. The van der Waals surface area contributed by atoms with E-state index in [9.17, 15) is 19.5 Å². The van der Waals surface area contributed by atoms with Gasteiger partial charge in [-0.05, 0) is 142 Å². The van der Waals surface area contributed by atoms with Crippen molar-refractivity contribution in [2.75, 3.05) is 0 Å². The molecule has 3 saturated carbocycles. The first-order chi connectivity index (χ1) is 33.3. The highest BCUT2D eigenvalue weighted by atomic mass is 16.5. The Hall–Kier alpha value is -1.85. The van der Waals surface area contributed by atoms with Gasteiger partial charge in [0.2, 0.25) is 5.91 Å². The Kier molecular flexibility index (Phi) is 28.6. The van der Waals surface area contributed by atoms with Gasteiger partial charge in [-0.15, -0.1) is 0 Å². The molecule has 4 rings (SSSR count). The quantitative estimate of drug-likeness (QED) is 0.0364. The van der Waals surface area contributed by atoms with E-state index in [2.05, 4.69) is 59.9 Å². The number of aliphatic carboxylic acids is 1. The summed E-state index contributed by atoms with van der Waals surface area (Å²) in [6.07, 6.45) is 49.4. The standard InChI is InChI=1S/C63H113NO5/c1-8-10-12-14-16-18-20-24-28-35-53(69-61(68)58(42-43-60(66)67)64-59(65)37-30-26-21-19-17-15-13-11-9-2)36-29-25-22-23-27-34-51-44-46-62(6)52(48-51)38-39-54-56-41-40-55(50(5)33-31-32-49(3)4)63(56,7)47-45-57(54)62/h38,49-51,53-58H,8-37,39-48H2,1-7H3,(H,64,65)(H,66,67)/t50-,51?,53?,54?,55?,56?,57?,58-,62+,63-/m1/s1. The number of unbranched alkanes of at least 4 members (excludes halogenated alkanes) is 20. The number of carboxylic acids is 1. The molecule has 0 spiro atoms. The second kappa shape index (κ2) is 33.1. The molecule has 2 N–H and O–H groups in total. The van der Waals surface area contributed by atoms with Gasteiger partial charge in [0.1, 0.15) is 12.1 Å². The maximum Gasteiger partial charge on any atom is 0.328 e. The third kappa shape index (κ3) is 20.5. The first-order valence-corrected chi connectivity index (χ1v) is 30.7. The highest BCUT2D eigenvalue weighted by Gasteiger charge is 2.59. The molecule has 1 amide bonds. The number of nitrogens with one attached hydrogen (secondary N) is 1. The molecule has 0 aromatic heterocycles. The molecule has 6 nitrogen and oxygen atoms in total. The van der Waals surface area contributed by atoms with E-state index in [1.165, 1.54) is 180 Å². The molecule has 4 aliphatic rings. The first kappa shape index (κ1) is 59.7. The third-order valence-corrected chi connectivity index (χ3v) is 19.2. The predicted molar refractivity (Wildman–Crippen MR) is 291 cm³/mol. The van der Waals surface area contributed by atoms with Crippen molar-refractivity contribution in [2.24, 2.45) is 52.3 Å². The zero-order valence-corrected chi connectivity index (χ0v) is 46.6. The van der Waals surface area contributed by atoms with E-state index < -0.39 is 18.0 Å². The van der Waals surface area contributed by atoms with Crippen LogP contribution >= 0.6 is 0 Å². The molecule has 3 fully saturated rings. The van der Waals surface area contributed by atoms with Crippen LogP contribution in [0.3, 0.4) is 0 Å². The fraction of sp³-hybridized carbons (Fsp3) is 0.921. The van der Waals surface area contributed by atoms with E-state index in [1.54, 1.807) is 0 Å². The normalized spacial score (nSPS) is 26.7. The zero-order chi connectivity index (χ0) is 49.9. The van der Waals surface area contributed by atoms with Crippen molar-refractivity contribution in [3.05, 3.63) is 11.6 Å². The fourth-order valence-corrected chi connectivity index (χ4v) is 14.9. The Bertz CT molecular complexity index is 1460.